The predicted octanol–water partition coefficient (Wildman–Crippen LogP) is 1.19. The largest absolute Gasteiger partial charge is 0.389 e. The second-order valence-corrected chi connectivity index (χ2v) is 7.71. The van der Waals surface area contributed by atoms with Crippen LogP contribution in [0.25, 0.3) is 0 Å². The van der Waals surface area contributed by atoms with Crippen LogP contribution in [0.15, 0.2) is 11.2 Å². The standard InChI is InChI=1S/C13H25N3O3S/c1-10(2)6-7-13(4,17)9-14-20(18,19)12-8-16(5)11(3)15-12/h8,10,14,17H,6-7,9H2,1-5H3. The topological polar surface area (TPSA) is 84.2 Å². The normalized spacial score (nSPS) is 15.6. The maximum Gasteiger partial charge on any atom is 0.259 e. The van der Waals surface area contributed by atoms with Crippen molar-refractivity contribution in [2.24, 2.45) is 13.0 Å². The summed E-state index contributed by atoms with van der Waals surface area (Å²) in [5.74, 6) is 1.09. The predicted molar refractivity (Wildman–Crippen MR) is 77.8 cm³/mol. The lowest BCUT2D eigenvalue weighted by Gasteiger charge is -2.24. The SMILES string of the molecule is Cc1nc(S(=O)(=O)NCC(C)(O)CCC(C)C)cn1C. The summed E-state index contributed by atoms with van der Waals surface area (Å²) >= 11 is 0. The Balaban J connectivity index is 2.68. The number of rotatable bonds is 7. The maximum absolute atomic E-state index is 12.1. The summed E-state index contributed by atoms with van der Waals surface area (Å²) < 4.78 is 28.2. The van der Waals surface area contributed by atoms with E-state index >= 15 is 0 Å². The number of hydrogen-bond donors (Lipinski definition) is 2. The molecule has 1 atom stereocenters. The Labute approximate surface area is 121 Å². The summed E-state index contributed by atoms with van der Waals surface area (Å²) in [6.07, 6.45) is 2.85. The van der Waals surface area contributed by atoms with Crippen LogP contribution < -0.4 is 4.72 Å². The molecule has 1 rings (SSSR count). The van der Waals surface area contributed by atoms with E-state index in [0.717, 1.165) is 6.42 Å². The highest BCUT2D eigenvalue weighted by Gasteiger charge is 2.25. The van der Waals surface area contributed by atoms with E-state index in [2.05, 4.69) is 23.6 Å². The molecule has 0 saturated carbocycles. The Bertz CT molecular complexity index is 528. The van der Waals surface area contributed by atoms with E-state index in [0.29, 0.717) is 18.2 Å². The number of aromatic nitrogens is 2. The molecule has 0 aliphatic rings. The molecule has 1 aromatic rings. The zero-order valence-electron chi connectivity index (χ0n) is 12.8. The molecular weight excluding hydrogens is 278 g/mol. The molecule has 0 aromatic carbocycles. The van der Waals surface area contributed by atoms with E-state index in [-0.39, 0.29) is 11.6 Å². The first-order valence-corrected chi connectivity index (χ1v) is 8.24. The van der Waals surface area contributed by atoms with Gasteiger partial charge in [0.15, 0.2) is 5.03 Å². The highest BCUT2D eigenvalue weighted by molar-refractivity contribution is 7.89. The Hall–Kier alpha value is -0.920. The Morgan fingerprint density at radius 3 is 2.55 bits per heavy atom. The first-order valence-electron chi connectivity index (χ1n) is 6.75. The number of aliphatic hydroxyl groups is 1. The zero-order valence-corrected chi connectivity index (χ0v) is 13.7. The van der Waals surface area contributed by atoms with E-state index in [1.165, 1.54) is 6.20 Å². The molecule has 6 nitrogen and oxygen atoms in total. The van der Waals surface area contributed by atoms with Gasteiger partial charge in [-0.15, -0.1) is 0 Å². The monoisotopic (exact) mass is 303 g/mol. The van der Waals surface area contributed by atoms with Gasteiger partial charge in [0.2, 0.25) is 0 Å². The van der Waals surface area contributed by atoms with Crippen LogP contribution in [0.1, 0.15) is 39.4 Å². The average molecular weight is 303 g/mol. The summed E-state index contributed by atoms with van der Waals surface area (Å²) in [6.45, 7) is 7.49. The minimum atomic E-state index is -3.68. The summed E-state index contributed by atoms with van der Waals surface area (Å²) in [6, 6.07) is 0. The van der Waals surface area contributed by atoms with Gasteiger partial charge in [0, 0.05) is 19.8 Å². The minimum Gasteiger partial charge on any atom is -0.389 e. The van der Waals surface area contributed by atoms with Crippen molar-refractivity contribution in [3.63, 3.8) is 0 Å². The van der Waals surface area contributed by atoms with Gasteiger partial charge in [-0.1, -0.05) is 13.8 Å². The van der Waals surface area contributed by atoms with Crippen molar-refractivity contribution in [2.45, 2.75) is 51.2 Å². The first-order chi connectivity index (χ1) is 9.03. The van der Waals surface area contributed by atoms with Crippen LogP contribution in [0.4, 0.5) is 0 Å². The average Bonchev–Trinajstić information content (AvgIpc) is 2.66. The molecule has 2 N–H and O–H groups in total. The Kier molecular flexibility index (Phi) is 5.34. The van der Waals surface area contributed by atoms with Crippen LogP contribution in [0.2, 0.25) is 0 Å². The number of hydrogen-bond acceptors (Lipinski definition) is 4. The van der Waals surface area contributed by atoms with Crippen LogP contribution in [0, 0.1) is 12.8 Å². The molecule has 0 radical (unpaired) electrons. The Morgan fingerprint density at radius 2 is 2.10 bits per heavy atom. The van der Waals surface area contributed by atoms with Gasteiger partial charge in [-0.3, -0.25) is 0 Å². The van der Waals surface area contributed by atoms with Crippen molar-refractivity contribution in [2.75, 3.05) is 6.54 Å². The van der Waals surface area contributed by atoms with E-state index in [1.54, 1.807) is 25.5 Å². The van der Waals surface area contributed by atoms with Crippen molar-refractivity contribution in [3.8, 4) is 0 Å². The number of aryl methyl sites for hydroxylation is 2. The molecule has 1 aromatic heterocycles. The smallest absolute Gasteiger partial charge is 0.259 e. The van der Waals surface area contributed by atoms with Crippen LogP contribution in [-0.4, -0.2) is 35.2 Å². The fourth-order valence-electron chi connectivity index (χ4n) is 1.67. The third-order valence-electron chi connectivity index (χ3n) is 3.27. The van der Waals surface area contributed by atoms with Crippen molar-refractivity contribution < 1.29 is 13.5 Å². The van der Waals surface area contributed by atoms with Crippen molar-refractivity contribution in [3.05, 3.63) is 12.0 Å². The number of sulfonamides is 1. The van der Waals surface area contributed by atoms with Gasteiger partial charge >= 0.3 is 0 Å². The van der Waals surface area contributed by atoms with Gasteiger partial charge in [-0.05, 0) is 32.6 Å². The van der Waals surface area contributed by atoms with Crippen molar-refractivity contribution in [1.82, 2.24) is 14.3 Å². The first kappa shape index (κ1) is 17.1. The minimum absolute atomic E-state index is 0.0162. The lowest BCUT2D eigenvalue weighted by atomic mass is 9.96. The second kappa shape index (κ2) is 6.24. The summed E-state index contributed by atoms with van der Waals surface area (Å²) in [4.78, 5) is 3.99. The number of nitrogens with one attached hydrogen (secondary N) is 1. The highest BCUT2D eigenvalue weighted by atomic mass is 32.2. The molecule has 116 valence electrons. The van der Waals surface area contributed by atoms with E-state index in [4.69, 9.17) is 0 Å². The van der Waals surface area contributed by atoms with Crippen LogP contribution in [0.3, 0.4) is 0 Å². The van der Waals surface area contributed by atoms with Crippen molar-refractivity contribution >= 4 is 10.0 Å². The third-order valence-corrected chi connectivity index (χ3v) is 4.54. The molecule has 0 aliphatic heterocycles. The second-order valence-electron chi connectivity index (χ2n) is 5.99. The molecule has 0 fully saturated rings. The van der Waals surface area contributed by atoms with Gasteiger partial charge in [-0.2, -0.15) is 0 Å². The molecule has 7 heteroatoms. The van der Waals surface area contributed by atoms with Gasteiger partial charge in [0.1, 0.15) is 5.82 Å². The van der Waals surface area contributed by atoms with Crippen molar-refractivity contribution in [1.29, 1.82) is 0 Å². The van der Waals surface area contributed by atoms with Gasteiger partial charge in [-0.25, -0.2) is 18.1 Å². The number of nitrogens with zero attached hydrogens (tertiary/aromatic N) is 2. The van der Waals surface area contributed by atoms with Crippen LogP contribution in [0.5, 0.6) is 0 Å². The molecule has 0 saturated heterocycles. The molecule has 0 spiro atoms. The molecule has 0 amide bonds. The van der Waals surface area contributed by atoms with E-state index in [1.807, 2.05) is 0 Å². The van der Waals surface area contributed by atoms with Gasteiger partial charge < -0.3 is 9.67 Å². The fraction of sp³-hybridized carbons (Fsp3) is 0.769. The molecule has 1 heterocycles. The highest BCUT2D eigenvalue weighted by Crippen LogP contribution is 2.16. The lowest BCUT2D eigenvalue weighted by Crippen LogP contribution is -2.40. The molecule has 1 unspecified atom stereocenters. The molecule has 20 heavy (non-hydrogen) atoms. The van der Waals surface area contributed by atoms with Crippen LogP contribution >= 0.6 is 0 Å². The summed E-state index contributed by atoms with van der Waals surface area (Å²) in [5, 5.41) is 10.2. The quantitative estimate of drug-likeness (QED) is 0.792. The number of imidazole rings is 1. The van der Waals surface area contributed by atoms with Crippen LogP contribution in [-0.2, 0) is 17.1 Å². The third kappa shape index (κ3) is 4.88. The summed E-state index contributed by atoms with van der Waals surface area (Å²) in [5.41, 5.74) is -1.05. The maximum atomic E-state index is 12.1. The summed E-state index contributed by atoms with van der Waals surface area (Å²) in [7, 11) is -1.94. The van der Waals surface area contributed by atoms with E-state index < -0.39 is 15.6 Å². The van der Waals surface area contributed by atoms with E-state index in [9.17, 15) is 13.5 Å². The van der Waals surface area contributed by atoms with Gasteiger partial charge in [0.25, 0.3) is 10.0 Å². The Morgan fingerprint density at radius 1 is 1.50 bits per heavy atom. The van der Waals surface area contributed by atoms with Gasteiger partial charge in [0.05, 0.1) is 5.60 Å². The zero-order chi connectivity index (χ0) is 15.6. The fourth-order valence-corrected chi connectivity index (χ4v) is 2.87. The lowest BCUT2D eigenvalue weighted by molar-refractivity contribution is 0.0506. The molecule has 0 bridgehead atoms. The molecular formula is C13H25N3O3S. The molecule has 0 aliphatic carbocycles.